The smallest absolute Gasteiger partial charge is 0.106 e. The summed E-state index contributed by atoms with van der Waals surface area (Å²) < 4.78 is 5.33. The minimum atomic E-state index is 0.273. The molecule has 0 bridgehead atoms. The Bertz CT molecular complexity index is 584. The molecule has 0 aliphatic carbocycles. The molecule has 106 valence electrons. The maximum Gasteiger partial charge on any atom is 0.106 e. The number of anilines is 1. The number of benzene rings is 1. The van der Waals surface area contributed by atoms with Gasteiger partial charge in [-0.15, -0.1) is 0 Å². The van der Waals surface area contributed by atoms with Crippen molar-refractivity contribution in [3.8, 4) is 0 Å². The lowest BCUT2D eigenvalue weighted by atomic mass is 10.1. The summed E-state index contributed by atoms with van der Waals surface area (Å²) in [5.74, 6) is 0.990. The van der Waals surface area contributed by atoms with Gasteiger partial charge in [-0.1, -0.05) is 23.8 Å². The Morgan fingerprint density at radius 1 is 1.45 bits per heavy atom. The highest BCUT2D eigenvalue weighted by molar-refractivity contribution is 7.80. The highest BCUT2D eigenvalue weighted by Gasteiger charge is 2.10. The fourth-order valence-corrected chi connectivity index (χ4v) is 2.34. The van der Waals surface area contributed by atoms with Crippen molar-refractivity contribution in [3.05, 3.63) is 52.9 Å². The molecule has 3 N–H and O–H groups in total. The molecule has 20 heavy (non-hydrogen) atoms. The van der Waals surface area contributed by atoms with Crippen molar-refractivity contribution in [3.63, 3.8) is 0 Å². The van der Waals surface area contributed by atoms with Crippen molar-refractivity contribution >= 4 is 34.5 Å². The zero-order chi connectivity index (χ0) is 14.5. The molecular formula is C15H17ClN2OS. The Labute approximate surface area is 129 Å². The predicted molar refractivity (Wildman–Crippen MR) is 87.5 cm³/mol. The standard InChI is InChI=1S/C15H17ClN2OS/c1-10(4-6-12-3-2-8-19-12)18-14-7-5-11(16)9-13(14)15(17)20/h2-3,5,7-10,18H,4,6H2,1H3,(H2,17,20). The summed E-state index contributed by atoms with van der Waals surface area (Å²) in [4.78, 5) is 0.341. The van der Waals surface area contributed by atoms with Gasteiger partial charge in [-0.05, 0) is 43.7 Å². The Kier molecular flexibility index (Phi) is 5.04. The van der Waals surface area contributed by atoms with Crippen LogP contribution in [0.3, 0.4) is 0 Å². The van der Waals surface area contributed by atoms with Crippen molar-refractivity contribution in [2.45, 2.75) is 25.8 Å². The Balaban J connectivity index is 2.00. The Morgan fingerprint density at radius 3 is 2.90 bits per heavy atom. The summed E-state index contributed by atoms with van der Waals surface area (Å²) in [7, 11) is 0. The third kappa shape index (κ3) is 3.99. The molecule has 3 nitrogen and oxygen atoms in total. The van der Waals surface area contributed by atoms with Crippen LogP contribution in [0, 0.1) is 0 Å². The molecule has 0 saturated heterocycles. The maximum atomic E-state index is 5.97. The molecule has 0 radical (unpaired) electrons. The number of nitrogens with two attached hydrogens (primary N) is 1. The van der Waals surface area contributed by atoms with Crippen LogP contribution in [-0.2, 0) is 6.42 Å². The minimum Gasteiger partial charge on any atom is -0.469 e. The van der Waals surface area contributed by atoms with Gasteiger partial charge in [0.15, 0.2) is 0 Å². The van der Waals surface area contributed by atoms with Gasteiger partial charge >= 0.3 is 0 Å². The third-order valence-electron chi connectivity index (χ3n) is 3.05. The van der Waals surface area contributed by atoms with E-state index in [-0.39, 0.29) is 6.04 Å². The summed E-state index contributed by atoms with van der Waals surface area (Å²) in [6, 6.07) is 9.67. The summed E-state index contributed by atoms with van der Waals surface area (Å²) in [5, 5.41) is 4.04. The first-order valence-corrected chi connectivity index (χ1v) is 7.23. The molecule has 0 aliphatic rings. The summed E-state index contributed by atoms with van der Waals surface area (Å²) in [6.07, 6.45) is 3.53. The highest BCUT2D eigenvalue weighted by Crippen LogP contribution is 2.22. The van der Waals surface area contributed by atoms with Gasteiger partial charge in [-0.3, -0.25) is 0 Å². The highest BCUT2D eigenvalue weighted by atomic mass is 35.5. The summed E-state index contributed by atoms with van der Waals surface area (Å²) in [5.41, 5.74) is 7.41. The van der Waals surface area contributed by atoms with E-state index in [2.05, 4.69) is 12.2 Å². The molecule has 1 atom stereocenters. The lowest BCUT2D eigenvalue weighted by Crippen LogP contribution is -2.20. The number of furan rings is 1. The number of nitrogens with one attached hydrogen (secondary N) is 1. The van der Waals surface area contributed by atoms with Crippen molar-refractivity contribution in [2.24, 2.45) is 5.73 Å². The number of hydrogen-bond acceptors (Lipinski definition) is 3. The Hall–Kier alpha value is -1.52. The monoisotopic (exact) mass is 308 g/mol. The van der Waals surface area contributed by atoms with Crippen LogP contribution in [0.25, 0.3) is 0 Å². The topological polar surface area (TPSA) is 51.2 Å². The van der Waals surface area contributed by atoms with E-state index >= 15 is 0 Å². The van der Waals surface area contributed by atoms with Crippen LogP contribution in [-0.4, -0.2) is 11.0 Å². The molecule has 0 fully saturated rings. The molecule has 1 aromatic carbocycles. The zero-order valence-electron chi connectivity index (χ0n) is 11.2. The zero-order valence-corrected chi connectivity index (χ0v) is 12.8. The van der Waals surface area contributed by atoms with E-state index in [0.29, 0.717) is 10.0 Å². The van der Waals surface area contributed by atoms with E-state index in [1.54, 1.807) is 12.3 Å². The molecule has 0 spiro atoms. The van der Waals surface area contributed by atoms with Crippen LogP contribution < -0.4 is 11.1 Å². The van der Waals surface area contributed by atoms with Crippen molar-refractivity contribution in [1.29, 1.82) is 0 Å². The molecule has 0 aliphatic heterocycles. The van der Waals surface area contributed by atoms with Gasteiger partial charge in [0.1, 0.15) is 10.7 Å². The van der Waals surface area contributed by atoms with Gasteiger partial charge in [0.05, 0.1) is 6.26 Å². The summed E-state index contributed by atoms with van der Waals surface area (Å²) in [6.45, 7) is 2.11. The van der Waals surface area contributed by atoms with Crippen LogP contribution in [0.5, 0.6) is 0 Å². The van der Waals surface area contributed by atoms with E-state index in [1.807, 2.05) is 24.3 Å². The van der Waals surface area contributed by atoms with E-state index in [4.69, 9.17) is 34.0 Å². The average molecular weight is 309 g/mol. The quantitative estimate of drug-likeness (QED) is 0.792. The normalized spacial score (nSPS) is 12.1. The van der Waals surface area contributed by atoms with Crippen LogP contribution >= 0.6 is 23.8 Å². The van der Waals surface area contributed by atoms with Gasteiger partial charge in [-0.2, -0.15) is 0 Å². The van der Waals surface area contributed by atoms with Gasteiger partial charge < -0.3 is 15.5 Å². The number of halogens is 1. The second-order valence-corrected chi connectivity index (χ2v) is 5.59. The molecule has 5 heteroatoms. The van der Waals surface area contributed by atoms with Crippen LogP contribution in [0.2, 0.25) is 5.02 Å². The van der Waals surface area contributed by atoms with E-state index in [1.165, 1.54) is 0 Å². The molecular weight excluding hydrogens is 292 g/mol. The van der Waals surface area contributed by atoms with Crippen LogP contribution in [0.1, 0.15) is 24.7 Å². The number of rotatable bonds is 6. The second-order valence-electron chi connectivity index (χ2n) is 4.72. The molecule has 2 aromatic rings. The molecule has 1 aromatic heterocycles. The fourth-order valence-electron chi connectivity index (χ4n) is 2.00. The fraction of sp³-hybridized carbons (Fsp3) is 0.267. The molecule has 2 rings (SSSR count). The van der Waals surface area contributed by atoms with Crippen molar-refractivity contribution < 1.29 is 4.42 Å². The van der Waals surface area contributed by atoms with Crippen LogP contribution in [0.4, 0.5) is 5.69 Å². The van der Waals surface area contributed by atoms with Crippen molar-refractivity contribution in [1.82, 2.24) is 0 Å². The molecule has 0 saturated carbocycles. The third-order valence-corrected chi connectivity index (χ3v) is 3.51. The summed E-state index contributed by atoms with van der Waals surface area (Å²) >= 11 is 11.0. The lowest BCUT2D eigenvalue weighted by molar-refractivity contribution is 0.495. The molecule has 1 heterocycles. The maximum absolute atomic E-state index is 5.97. The first-order chi connectivity index (χ1) is 9.56. The van der Waals surface area contributed by atoms with Gasteiger partial charge in [-0.25, -0.2) is 0 Å². The van der Waals surface area contributed by atoms with Gasteiger partial charge in [0.2, 0.25) is 0 Å². The first-order valence-electron chi connectivity index (χ1n) is 6.44. The number of aryl methyl sites for hydroxylation is 1. The lowest BCUT2D eigenvalue weighted by Gasteiger charge is -2.17. The number of hydrogen-bond donors (Lipinski definition) is 2. The number of thiocarbonyl (C=S) groups is 1. The van der Waals surface area contributed by atoms with E-state index in [9.17, 15) is 0 Å². The van der Waals surface area contributed by atoms with E-state index < -0.39 is 0 Å². The SMILES string of the molecule is CC(CCc1ccco1)Nc1ccc(Cl)cc1C(N)=S. The van der Waals surface area contributed by atoms with E-state index in [0.717, 1.165) is 29.9 Å². The first kappa shape index (κ1) is 14.9. The second kappa shape index (κ2) is 6.77. The minimum absolute atomic E-state index is 0.273. The van der Waals surface area contributed by atoms with Gasteiger partial charge in [0.25, 0.3) is 0 Å². The van der Waals surface area contributed by atoms with Crippen LogP contribution in [0.15, 0.2) is 41.0 Å². The Morgan fingerprint density at radius 2 is 2.25 bits per heavy atom. The predicted octanol–water partition coefficient (Wildman–Crippen LogP) is 4.00. The largest absolute Gasteiger partial charge is 0.469 e. The molecule has 1 unspecified atom stereocenters. The average Bonchev–Trinajstić information content (AvgIpc) is 2.91. The molecule has 0 amide bonds. The van der Waals surface area contributed by atoms with Crippen molar-refractivity contribution in [2.75, 3.05) is 5.32 Å². The van der Waals surface area contributed by atoms with Gasteiger partial charge in [0, 0.05) is 28.7 Å².